The number of dihydropyridines is 1. The van der Waals surface area contributed by atoms with Gasteiger partial charge in [0.1, 0.15) is 5.76 Å². The number of ether oxygens (including phenoxy) is 1. The average molecular weight is 421 g/mol. The second-order valence-electron chi connectivity index (χ2n) is 7.34. The molecular formula is C22H30F2N4O2. The Morgan fingerprint density at radius 1 is 1.53 bits per heavy atom. The minimum atomic E-state index is -2.90. The lowest BCUT2D eigenvalue weighted by Crippen LogP contribution is -2.33. The molecule has 6 nitrogen and oxygen atoms in total. The second-order valence-corrected chi connectivity index (χ2v) is 7.34. The van der Waals surface area contributed by atoms with Crippen molar-refractivity contribution in [3.8, 4) is 5.88 Å². The molecule has 0 radical (unpaired) electrons. The van der Waals surface area contributed by atoms with E-state index < -0.39 is 18.4 Å². The smallest absolute Gasteiger partial charge is 0.283 e. The fourth-order valence-corrected chi connectivity index (χ4v) is 2.93. The Balaban J connectivity index is 2.06. The summed E-state index contributed by atoms with van der Waals surface area (Å²) in [4.78, 5) is 8.61. The van der Waals surface area contributed by atoms with E-state index in [2.05, 4.69) is 27.2 Å². The number of halogens is 2. The van der Waals surface area contributed by atoms with E-state index in [0.717, 1.165) is 11.1 Å². The fourth-order valence-electron chi connectivity index (χ4n) is 2.93. The summed E-state index contributed by atoms with van der Waals surface area (Å²) < 4.78 is 33.3. The first kappa shape index (κ1) is 23.5. The number of nitrogens with zero attached hydrogens (tertiary/aromatic N) is 2. The maximum Gasteiger partial charge on any atom is 0.283 e. The molecule has 2 unspecified atom stereocenters. The normalized spacial score (nSPS) is 17.9. The maximum absolute atomic E-state index is 14.0. The predicted molar refractivity (Wildman–Crippen MR) is 115 cm³/mol. The Kier molecular flexibility index (Phi) is 8.11. The van der Waals surface area contributed by atoms with E-state index in [0.29, 0.717) is 24.2 Å². The van der Waals surface area contributed by atoms with Crippen LogP contribution in [0, 0.1) is 12.8 Å². The summed E-state index contributed by atoms with van der Waals surface area (Å²) in [5, 5.41) is 15.9. The van der Waals surface area contributed by atoms with Gasteiger partial charge in [0, 0.05) is 29.5 Å². The zero-order valence-electron chi connectivity index (χ0n) is 17.9. The maximum atomic E-state index is 14.0. The molecule has 2 atom stereocenters. The van der Waals surface area contributed by atoms with Crippen molar-refractivity contribution in [3.63, 3.8) is 0 Å². The first-order chi connectivity index (χ1) is 14.2. The summed E-state index contributed by atoms with van der Waals surface area (Å²) in [6, 6.07) is 1.70. The Morgan fingerprint density at radius 2 is 2.27 bits per heavy atom. The van der Waals surface area contributed by atoms with E-state index in [1.54, 1.807) is 32.5 Å². The summed E-state index contributed by atoms with van der Waals surface area (Å²) in [7, 11) is 1.81. The molecule has 0 fully saturated rings. The van der Waals surface area contributed by atoms with Crippen molar-refractivity contribution in [1.82, 2.24) is 15.6 Å². The molecule has 2 heterocycles. The minimum Gasteiger partial charge on any atom is -0.506 e. The summed E-state index contributed by atoms with van der Waals surface area (Å²) in [5.41, 5.74) is 2.74. The number of hydrogen-bond donors (Lipinski definition) is 3. The topological polar surface area (TPSA) is 78.8 Å². The van der Waals surface area contributed by atoms with Gasteiger partial charge < -0.3 is 20.5 Å². The summed E-state index contributed by atoms with van der Waals surface area (Å²) >= 11 is 0. The van der Waals surface area contributed by atoms with Crippen LogP contribution in [0.3, 0.4) is 0 Å². The van der Waals surface area contributed by atoms with Gasteiger partial charge in [-0.2, -0.15) is 0 Å². The van der Waals surface area contributed by atoms with Crippen LogP contribution in [-0.4, -0.2) is 41.9 Å². The molecule has 2 rings (SSSR count). The molecule has 30 heavy (non-hydrogen) atoms. The SMILES string of the molecule is C=C(O)C1=C(C=NCc2cnc(OCC(F)(F)C(C)CC)c(C)c2)C(NC)C=CN1. The standard InChI is InChI=1S/C22H30F2N4O2/c1-6-15(3)22(23,24)13-30-21-14(2)9-17(11-28-21)10-26-12-18-19(25-5)7-8-27-20(18)16(4)29/h7-9,11-12,15,19,25,27,29H,4,6,10,13H2,1-3,5H3. The van der Waals surface area contributed by atoms with Crippen molar-refractivity contribution in [2.45, 2.75) is 45.7 Å². The van der Waals surface area contributed by atoms with Crippen molar-refractivity contribution < 1.29 is 18.6 Å². The Labute approximate surface area is 176 Å². The van der Waals surface area contributed by atoms with Gasteiger partial charge in [0.2, 0.25) is 5.88 Å². The zero-order chi connectivity index (χ0) is 22.3. The molecule has 1 aromatic rings. The van der Waals surface area contributed by atoms with Gasteiger partial charge in [-0.3, -0.25) is 4.99 Å². The Bertz CT molecular complexity index is 850. The number of likely N-dealkylation sites (N-methyl/N-ethyl adjacent to an activating group) is 1. The molecule has 0 bridgehead atoms. The van der Waals surface area contributed by atoms with Gasteiger partial charge in [-0.25, -0.2) is 13.8 Å². The molecule has 0 amide bonds. The van der Waals surface area contributed by atoms with Gasteiger partial charge >= 0.3 is 0 Å². The number of nitrogens with one attached hydrogen (secondary N) is 2. The van der Waals surface area contributed by atoms with Crippen molar-refractivity contribution in [1.29, 1.82) is 0 Å². The van der Waals surface area contributed by atoms with Crippen molar-refractivity contribution >= 4 is 6.21 Å². The van der Waals surface area contributed by atoms with Gasteiger partial charge in [-0.05, 0) is 44.3 Å². The molecule has 1 aliphatic rings. The van der Waals surface area contributed by atoms with Crippen LogP contribution >= 0.6 is 0 Å². The summed E-state index contributed by atoms with van der Waals surface area (Å²) in [6.45, 7) is 8.22. The van der Waals surface area contributed by atoms with Crippen molar-refractivity contribution in [2.24, 2.45) is 10.9 Å². The molecule has 0 spiro atoms. The summed E-state index contributed by atoms with van der Waals surface area (Å²) in [5.74, 6) is -3.54. The number of aromatic nitrogens is 1. The monoisotopic (exact) mass is 420 g/mol. The largest absolute Gasteiger partial charge is 0.506 e. The van der Waals surface area contributed by atoms with Gasteiger partial charge in [-0.15, -0.1) is 0 Å². The lowest BCUT2D eigenvalue weighted by molar-refractivity contribution is -0.0863. The number of rotatable bonds is 10. The third-order valence-corrected chi connectivity index (χ3v) is 5.07. The molecule has 0 aromatic carbocycles. The molecule has 3 N–H and O–H groups in total. The number of aliphatic hydroxyl groups is 1. The molecule has 8 heteroatoms. The number of alkyl halides is 2. The van der Waals surface area contributed by atoms with E-state index in [4.69, 9.17) is 4.74 Å². The number of aliphatic hydroxyl groups excluding tert-OH is 1. The van der Waals surface area contributed by atoms with Crippen molar-refractivity contribution in [3.05, 3.63) is 59.3 Å². The highest BCUT2D eigenvalue weighted by atomic mass is 19.3. The van der Waals surface area contributed by atoms with E-state index in [1.165, 1.54) is 6.92 Å². The third-order valence-electron chi connectivity index (χ3n) is 5.07. The minimum absolute atomic E-state index is 0.0748. The van der Waals surface area contributed by atoms with Crippen LogP contribution in [0.1, 0.15) is 31.4 Å². The Morgan fingerprint density at radius 3 is 2.87 bits per heavy atom. The highest BCUT2D eigenvalue weighted by molar-refractivity contribution is 5.83. The number of hydrogen-bond acceptors (Lipinski definition) is 6. The number of pyridine rings is 1. The van der Waals surface area contributed by atoms with Crippen LogP contribution in [0.4, 0.5) is 8.78 Å². The van der Waals surface area contributed by atoms with Crippen LogP contribution in [0.5, 0.6) is 5.88 Å². The zero-order valence-corrected chi connectivity index (χ0v) is 17.9. The predicted octanol–water partition coefficient (Wildman–Crippen LogP) is 4.05. The van der Waals surface area contributed by atoms with Gasteiger partial charge in [0.15, 0.2) is 6.61 Å². The molecule has 1 aromatic heterocycles. The van der Waals surface area contributed by atoms with Crippen LogP contribution < -0.4 is 15.4 Å². The molecule has 0 aliphatic carbocycles. The molecule has 164 valence electrons. The lowest BCUT2D eigenvalue weighted by Gasteiger charge is -2.22. The highest BCUT2D eigenvalue weighted by Crippen LogP contribution is 2.28. The van der Waals surface area contributed by atoms with Gasteiger partial charge in [0.25, 0.3) is 5.92 Å². The lowest BCUT2D eigenvalue weighted by atomic mass is 10.0. The number of aliphatic imine (C=N–C) groups is 1. The molecule has 0 saturated heterocycles. The molecular weight excluding hydrogens is 390 g/mol. The first-order valence-electron chi connectivity index (χ1n) is 9.88. The van der Waals surface area contributed by atoms with Crippen LogP contribution in [0.25, 0.3) is 0 Å². The van der Waals surface area contributed by atoms with Gasteiger partial charge in [-0.1, -0.05) is 20.4 Å². The quantitative estimate of drug-likeness (QED) is 0.393. The second kappa shape index (κ2) is 10.3. The molecule has 1 aliphatic heterocycles. The Hall–Kier alpha value is -2.74. The van der Waals surface area contributed by atoms with E-state index in [9.17, 15) is 13.9 Å². The number of aryl methyl sites for hydroxylation is 1. The third kappa shape index (κ3) is 5.89. The van der Waals surface area contributed by atoms with Crippen molar-refractivity contribution in [2.75, 3.05) is 13.7 Å². The van der Waals surface area contributed by atoms with Crippen LogP contribution in [0.2, 0.25) is 0 Å². The van der Waals surface area contributed by atoms with E-state index >= 15 is 0 Å². The van der Waals surface area contributed by atoms with E-state index in [-0.39, 0.29) is 17.7 Å². The van der Waals surface area contributed by atoms with Gasteiger partial charge in [0.05, 0.1) is 18.3 Å². The summed E-state index contributed by atoms with van der Waals surface area (Å²) in [6.07, 6.45) is 7.24. The average Bonchev–Trinajstić information content (AvgIpc) is 2.72. The van der Waals surface area contributed by atoms with E-state index in [1.807, 2.05) is 19.2 Å². The molecule has 0 saturated carbocycles. The van der Waals surface area contributed by atoms with Crippen LogP contribution in [-0.2, 0) is 6.54 Å². The highest BCUT2D eigenvalue weighted by Gasteiger charge is 2.36. The van der Waals surface area contributed by atoms with Crippen LogP contribution in [0.15, 0.2) is 53.1 Å². The first-order valence-corrected chi connectivity index (χ1v) is 9.88. The fraction of sp³-hybridized carbons (Fsp3) is 0.455.